The van der Waals surface area contributed by atoms with E-state index in [4.69, 9.17) is 15.6 Å². The molecule has 0 fully saturated rings. The molecule has 2 heterocycles. The lowest BCUT2D eigenvalue weighted by atomic mass is 10.0. The fraction of sp³-hybridized carbons (Fsp3) is 0.440. The molecule has 0 unspecified atom stereocenters. The lowest BCUT2D eigenvalue weighted by molar-refractivity contribution is -0.125. The van der Waals surface area contributed by atoms with Crippen LogP contribution in [0.15, 0.2) is 39.9 Å². The lowest BCUT2D eigenvalue weighted by Gasteiger charge is -2.24. The molecule has 10 heteroatoms. The van der Waals surface area contributed by atoms with Gasteiger partial charge in [0.25, 0.3) is 5.56 Å². The van der Waals surface area contributed by atoms with E-state index >= 15 is 0 Å². The number of rotatable bonds is 7. The van der Waals surface area contributed by atoms with Crippen molar-refractivity contribution in [1.29, 1.82) is 0 Å². The van der Waals surface area contributed by atoms with E-state index in [1.807, 2.05) is 30.3 Å². The number of esters is 1. The SMILES string of the molecule is CC(C)O.CCOC(=O)c1sc2c(c1C)c(=O)n(C(C)(C)C(N)=O)c(=O)n2CCc1ccccc1. The highest BCUT2D eigenvalue weighted by molar-refractivity contribution is 7.20. The van der Waals surface area contributed by atoms with Gasteiger partial charge < -0.3 is 15.6 Å². The maximum atomic E-state index is 13.4. The summed E-state index contributed by atoms with van der Waals surface area (Å²) in [6.07, 6.45) is 0.358. The zero-order valence-electron chi connectivity index (χ0n) is 21.0. The van der Waals surface area contributed by atoms with Crippen LogP contribution in [0, 0.1) is 6.92 Å². The van der Waals surface area contributed by atoms with Crippen LogP contribution < -0.4 is 17.0 Å². The molecule has 3 N–H and O–H groups in total. The first kappa shape index (κ1) is 28.0. The van der Waals surface area contributed by atoms with Gasteiger partial charge in [0.1, 0.15) is 15.2 Å². The second-order valence-electron chi connectivity index (χ2n) is 8.78. The Morgan fingerprint density at radius 1 is 1.17 bits per heavy atom. The number of aliphatic hydroxyl groups is 1. The number of nitrogens with two attached hydrogens (primary N) is 1. The zero-order chi connectivity index (χ0) is 26.5. The van der Waals surface area contributed by atoms with Crippen LogP contribution in [0.2, 0.25) is 0 Å². The number of thiophene rings is 1. The van der Waals surface area contributed by atoms with Gasteiger partial charge in [0, 0.05) is 12.6 Å². The van der Waals surface area contributed by atoms with Gasteiger partial charge in [0.2, 0.25) is 5.91 Å². The summed E-state index contributed by atoms with van der Waals surface area (Å²) >= 11 is 1.05. The van der Waals surface area contributed by atoms with Gasteiger partial charge in [0.15, 0.2) is 0 Å². The molecule has 0 radical (unpaired) electrons. The van der Waals surface area contributed by atoms with E-state index in [1.165, 1.54) is 18.4 Å². The van der Waals surface area contributed by atoms with E-state index < -0.39 is 28.7 Å². The van der Waals surface area contributed by atoms with E-state index in [9.17, 15) is 19.2 Å². The molecule has 190 valence electrons. The smallest absolute Gasteiger partial charge is 0.348 e. The maximum absolute atomic E-state index is 13.4. The highest BCUT2D eigenvalue weighted by Gasteiger charge is 2.34. The van der Waals surface area contributed by atoms with E-state index in [0.717, 1.165) is 21.5 Å². The third kappa shape index (κ3) is 6.07. The van der Waals surface area contributed by atoms with Crippen LogP contribution in [-0.2, 0) is 28.0 Å². The van der Waals surface area contributed by atoms with Gasteiger partial charge in [-0.1, -0.05) is 30.3 Å². The summed E-state index contributed by atoms with van der Waals surface area (Å²) in [5.74, 6) is -1.36. The minimum atomic E-state index is -1.55. The monoisotopic (exact) mass is 503 g/mol. The number of benzene rings is 1. The molecule has 9 nitrogen and oxygen atoms in total. The van der Waals surface area contributed by atoms with Crippen LogP contribution >= 0.6 is 11.3 Å². The Bertz CT molecular complexity index is 1320. The predicted octanol–water partition coefficient (Wildman–Crippen LogP) is 2.56. The third-order valence-electron chi connectivity index (χ3n) is 5.30. The Kier molecular flexibility index (Phi) is 9.17. The lowest BCUT2D eigenvalue weighted by Crippen LogP contribution is -2.54. The fourth-order valence-electron chi connectivity index (χ4n) is 3.42. The minimum absolute atomic E-state index is 0.167. The molecule has 1 aromatic carbocycles. The molecule has 0 spiro atoms. The van der Waals surface area contributed by atoms with E-state index in [0.29, 0.717) is 16.8 Å². The molecular formula is C25H33N3O6S. The number of ether oxygens (including phenoxy) is 1. The second kappa shape index (κ2) is 11.5. The van der Waals surface area contributed by atoms with Crippen molar-refractivity contribution in [2.75, 3.05) is 6.61 Å². The van der Waals surface area contributed by atoms with E-state index in [2.05, 4.69) is 0 Å². The number of aryl methyl sites for hydroxylation is 3. The number of primary amides is 1. The molecule has 0 bridgehead atoms. The van der Waals surface area contributed by atoms with Gasteiger partial charge in [-0.25, -0.2) is 14.2 Å². The molecule has 0 atom stereocenters. The average molecular weight is 504 g/mol. The molecule has 1 amide bonds. The molecule has 0 aliphatic heterocycles. The Hall–Kier alpha value is -3.24. The minimum Gasteiger partial charge on any atom is -0.462 e. The number of carbonyl (C=O) groups is 2. The van der Waals surface area contributed by atoms with Crippen molar-refractivity contribution >= 4 is 33.4 Å². The van der Waals surface area contributed by atoms with Crippen molar-refractivity contribution in [2.24, 2.45) is 5.73 Å². The molecule has 35 heavy (non-hydrogen) atoms. The molecule has 2 aromatic heterocycles. The number of carbonyl (C=O) groups excluding carboxylic acids is 2. The number of hydrogen-bond donors (Lipinski definition) is 2. The molecule has 0 aliphatic rings. The molecular weight excluding hydrogens is 470 g/mol. The number of nitrogens with zero attached hydrogens (tertiary/aromatic N) is 2. The first-order valence-corrected chi connectivity index (χ1v) is 12.1. The number of amides is 1. The van der Waals surface area contributed by atoms with Crippen LogP contribution in [0.5, 0.6) is 0 Å². The highest BCUT2D eigenvalue weighted by atomic mass is 32.1. The summed E-state index contributed by atoms with van der Waals surface area (Å²) in [7, 11) is 0. The first-order chi connectivity index (χ1) is 16.3. The second-order valence-corrected chi connectivity index (χ2v) is 9.78. The van der Waals surface area contributed by atoms with Crippen LogP contribution in [-0.4, -0.2) is 38.8 Å². The molecule has 3 rings (SSSR count). The van der Waals surface area contributed by atoms with Gasteiger partial charge in [-0.15, -0.1) is 11.3 Å². The van der Waals surface area contributed by atoms with Gasteiger partial charge in [-0.05, 0) is 59.1 Å². The normalized spacial score (nSPS) is 11.3. The molecule has 0 saturated carbocycles. The van der Waals surface area contributed by atoms with Crippen molar-refractivity contribution in [2.45, 2.75) is 66.2 Å². The standard InChI is InChI=1S/C22H25N3O5S.C3H8O/c1-5-30-19(27)16-13(2)15-17(26)25(22(3,4)20(23)28)21(29)24(18(15)31-16)12-11-14-9-7-6-8-10-14;1-3(2)4/h6-10H,5,11-12H2,1-4H3,(H2,23,28);3-4H,1-2H3. The Labute approximate surface area is 207 Å². The van der Waals surface area contributed by atoms with E-state index in [1.54, 1.807) is 27.7 Å². The van der Waals surface area contributed by atoms with Crippen molar-refractivity contribution in [3.05, 3.63) is 67.2 Å². The van der Waals surface area contributed by atoms with Gasteiger partial charge in [-0.3, -0.25) is 14.2 Å². The third-order valence-corrected chi connectivity index (χ3v) is 6.60. The number of aromatic nitrogens is 2. The number of fused-ring (bicyclic) bond motifs is 1. The van der Waals surface area contributed by atoms with Gasteiger partial charge in [0.05, 0.1) is 12.0 Å². The van der Waals surface area contributed by atoms with Gasteiger partial charge in [-0.2, -0.15) is 0 Å². The summed E-state index contributed by atoms with van der Waals surface area (Å²) in [4.78, 5) is 51.9. The Morgan fingerprint density at radius 3 is 2.26 bits per heavy atom. The van der Waals surface area contributed by atoms with Crippen LogP contribution in [0.25, 0.3) is 10.2 Å². The maximum Gasteiger partial charge on any atom is 0.348 e. The summed E-state index contributed by atoms with van der Waals surface area (Å²) < 4.78 is 7.44. The predicted molar refractivity (Wildman–Crippen MR) is 137 cm³/mol. The quantitative estimate of drug-likeness (QED) is 0.476. The average Bonchev–Trinajstić information content (AvgIpc) is 3.11. The van der Waals surface area contributed by atoms with Crippen molar-refractivity contribution in [3.63, 3.8) is 0 Å². The molecule has 0 saturated heterocycles. The van der Waals surface area contributed by atoms with Crippen molar-refractivity contribution < 1.29 is 19.4 Å². The zero-order valence-corrected chi connectivity index (χ0v) is 21.8. The van der Waals surface area contributed by atoms with Gasteiger partial charge >= 0.3 is 11.7 Å². The van der Waals surface area contributed by atoms with Crippen LogP contribution in [0.3, 0.4) is 0 Å². The Balaban J connectivity index is 0.00000100. The largest absolute Gasteiger partial charge is 0.462 e. The fourth-order valence-corrected chi connectivity index (χ4v) is 4.64. The van der Waals surface area contributed by atoms with Crippen molar-refractivity contribution in [1.82, 2.24) is 9.13 Å². The number of hydrogen-bond acceptors (Lipinski definition) is 7. The number of aliphatic hydroxyl groups excluding tert-OH is 1. The summed E-state index contributed by atoms with van der Waals surface area (Å²) in [5, 5.41) is 8.27. The van der Waals surface area contributed by atoms with E-state index in [-0.39, 0.29) is 29.5 Å². The molecule has 0 aliphatic carbocycles. The van der Waals surface area contributed by atoms with Crippen LogP contribution in [0.1, 0.15) is 55.4 Å². The Morgan fingerprint density at radius 2 is 1.74 bits per heavy atom. The first-order valence-electron chi connectivity index (χ1n) is 11.3. The van der Waals surface area contributed by atoms with Crippen molar-refractivity contribution in [3.8, 4) is 0 Å². The summed E-state index contributed by atoms with van der Waals surface area (Å²) in [6.45, 7) is 10.1. The summed E-state index contributed by atoms with van der Waals surface area (Å²) in [5.41, 5.74) is 4.10. The topological polar surface area (TPSA) is 134 Å². The van der Waals surface area contributed by atoms with Crippen LogP contribution in [0.4, 0.5) is 0 Å². The molecule has 3 aromatic rings. The highest BCUT2D eigenvalue weighted by Crippen LogP contribution is 2.29. The summed E-state index contributed by atoms with van der Waals surface area (Å²) in [6, 6.07) is 9.58.